The van der Waals surface area contributed by atoms with Gasteiger partial charge in [0.2, 0.25) is 0 Å². The van der Waals surface area contributed by atoms with Crippen molar-refractivity contribution in [2.24, 2.45) is 23.5 Å². The molecule has 5 atom stereocenters. The van der Waals surface area contributed by atoms with Crippen LogP contribution in [0.25, 0.3) is 0 Å². The lowest BCUT2D eigenvalue weighted by Crippen LogP contribution is -2.67. The summed E-state index contributed by atoms with van der Waals surface area (Å²) in [4.78, 5) is 11.9. The Balaban J connectivity index is 1.54. The molecule has 0 heterocycles. The van der Waals surface area contributed by atoms with Gasteiger partial charge in [-0.1, -0.05) is 81.4 Å². The number of carbonyl (C=O) groups excluding carboxylic acids is 1. The molecule has 2 fully saturated rings. The number of ether oxygens (including phenoxy) is 1. The second kappa shape index (κ2) is 9.12. The minimum Gasteiger partial charge on any atom is -0.466 e. The van der Waals surface area contributed by atoms with Crippen LogP contribution in [0.3, 0.4) is 0 Å². The minimum atomic E-state index is -2.51. The van der Waals surface area contributed by atoms with Crippen molar-refractivity contribution in [3.05, 3.63) is 60.7 Å². The highest BCUT2D eigenvalue weighted by Crippen LogP contribution is 2.60. The molecule has 4 nitrogen and oxygen atoms in total. The van der Waals surface area contributed by atoms with E-state index in [1.807, 2.05) is 6.92 Å². The highest BCUT2D eigenvalue weighted by atomic mass is 28.4. The summed E-state index contributed by atoms with van der Waals surface area (Å²) in [5.41, 5.74) is 6.39. The van der Waals surface area contributed by atoms with Crippen molar-refractivity contribution in [1.82, 2.24) is 0 Å². The first-order valence-electron chi connectivity index (χ1n) is 12.0. The number of benzene rings is 2. The van der Waals surface area contributed by atoms with Gasteiger partial charge in [-0.25, -0.2) is 0 Å². The maximum atomic E-state index is 11.9. The Morgan fingerprint density at radius 2 is 1.50 bits per heavy atom. The summed E-state index contributed by atoms with van der Waals surface area (Å²) in [6.07, 6.45) is 2.64. The van der Waals surface area contributed by atoms with Crippen LogP contribution in [-0.4, -0.2) is 33.0 Å². The summed E-state index contributed by atoms with van der Waals surface area (Å²) >= 11 is 0. The fraction of sp³-hybridized carbons (Fsp3) is 0.519. The minimum absolute atomic E-state index is 0.0117. The van der Waals surface area contributed by atoms with Crippen molar-refractivity contribution in [1.29, 1.82) is 0 Å². The molecule has 0 aromatic heterocycles. The molecule has 32 heavy (non-hydrogen) atoms. The molecule has 172 valence electrons. The van der Waals surface area contributed by atoms with Crippen LogP contribution in [0, 0.1) is 17.8 Å². The Morgan fingerprint density at radius 3 is 1.94 bits per heavy atom. The zero-order valence-electron chi connectivity index (χ0n) is 19.8. The standard InChI is InChI=1S/C27H37NO3Si/c1-5-30-25(29)18-24(28)26-22-16-19(17-23(22)26)31-32(27(2,3)4,20-12-8-6-9-13-20)21-14-10-7-11-15-21/h6-15,19,22-24,26H,5,16-18,28H2,1-4H3/t19?,22-,23+,24?,26?. The number of fused-ring (bicyclic) bond motifs is 1. The van der Waals surface area contributed by atoms with Crippen molar-refractivity contribution in [3.63, 3.8) is 0 Å². The molecule has 0 spiro atoms. The lowest BCUT2D eigenvalue weighted by atomic mass is 10.0. The smallest absolute Gasteiger partial charge is 0.307 e. The predicted molar refractivity (Wildman–Crippen MR) is 131 cm³/mol. The van der Waals surface area contributed by atoms with Gasteiger partial charge in [-0.3, -0.25) is 4.79 Å². The largest absolute Gasteiger partial charge is 0.466 e. The summed E-state index contributed by atoms with van der Waals surface area (Å²) in [5.74, 6) is 1.40. The van der Waals surface area contributed by atoms with Crippen LogP contribution in [0.15, 0.2) is 60.7 Å². The Labute approximate surface area is 193 Å². The van der Waals surface area contributed by atoms with Gasteiger partial charge in [0.15, 0.2) is 0 Å². The van der Waals surface area contributed by atoms with Crippen molar-refractivity contribution in [3.8, 4) is 0 Å². The molecule has 0 radical (unpaired) electrons. The van der Waals surface area contributed by atoms with Crippen molar-refractivity contribution >= 4 is 24.7 Å². The van der Waals surface area contributed by atoms with E-state index in [-0.39, 0.29) is 23.2 Å². The topological polar surface area (TPSA) is 61.5 Å². The van der Waals surface area contributed by atoms with Crippen LogP contribution >= 0.6 is 0 Å². The zero-order chi connectivity index (χ0) is 22.9. The normalized spacial score (nSPS) is 25.8. The Bertz CT molecular complexity index is 860. The van der Waals surface area contributed by atoms with E-state index in [1.54, 1.807) is 0 Å². The fourth-order valence-corrected chi connectivity index (χ4v) is 10.8. The quantitative estimate of drug-likeness (QED) is 0.489. The Kier molecular flexibility index (Phi) is 6.62. The second-order valence-corrected chi connectivity index (χ2v) is 14.7. The van der Waals surface area contributed by atoms with Gasteiger partial charge >= 0.3 is 5.97 Å². The van der Waals surface area contributed by atoms with Gasteiger partial charge in [0.1, 0.15) is 0 Å². The first kappa shape index (κ1) is 23.2. The van der Waals surface area contributed by atoms with E-state index in [0.29, 0.717) is 30.8 Å². The van der Waals surface area contributed by atoms with E-state index in [0.717, 1.165) is 12.8 Å². The average molecular weight is 452 g/mol. The summed E-state index contributed by atoms with van der Waals surface area (Å²) in [6, 6.07) is 21.6. The molecule has 0 aliphatic heterocycles. The van der Waals surface area contributed by atoms with Gasteiger partial charge in [0.25, 0.3) is 8.32 Å². The number of rotatable bonds is 8. The highest BCUT2D eigenvalue weighted by molar-refractivity contribution is 6.99. The van der Waals surface area contributed by atoms with Crippen LogP contribution in [-0.2, 0) is 14.0 Å². The van der Waals surface area contributed by atoms with E-state index in [9.17, 15) is 4.79 Å². The second-order valence-electron chi connectivity index (χ2n) is 10.5. The summed E-state index contributed by atoms with van der Waals surface area (Å²) < 4.78 is 12.4. The Morgan fingerprint density at radius 1 is 1.00 bits per heavy atom. The first-order chi connectivity index (χ1) is 15.3. The summed E-state index contributed by atoms with van der Waals surface area (Å²) in [7, 11) is -2.51. The molecule has 4 rings (SSSR count). The van der Waals surface area contributed by atoms with Gasteiger partial charge in [-0.15, -0.1) is 0 Å². The van der Waals surface area contributed by atoms with Crippen molar-refractivity contribution in [2.75, 3.05) is 6.61 Å². The predicted octanol–water partition coefficient (Wildman–Crippen LogP) is 3.87. The summed E-state index contributed by atoms with van der Waals surface area (Å²) in [6.45, 7) is 9.23. The molecule has 2 N–H and O–H groups in total. The third kappa shape index (κ3) is 4.30. The van der Waals surface area contributed by atoms with Gasteiger partial charge in [0, 0.05) is 12.1 Å². The van der Waals surface area contributed by atoms with E-state index in [4.69, 9.17) is 14.9 Å². The van der Waals surface area contributed by atoms with Crippen molar-refractivity contribution in [2.45, 2.75) is 64.1 Å². The lowest BCUT2D eigenvalue weighted by Gasteiger charge is -2.45. The average Bonchev–Trinajstić information content (AvgIpc) is 3.28. The maximum Gasteiger partial charge on any atom is 0.307 e. The molecule has 3 unspecified atom stereocenters. The SMILES string of the molecule is CCOC(=O)CC(N)C1[C@H]2CC(O[Si](c3ccccc3)(c3ccccc3)C(C)(C)C)C[C@@H]12. The van der Waals surface area contributed by atoms with E-state index < -0.39 is 8.32 Å². The first-order valence-corrected chi connectivity index (χ1v) is 13.9. The third-order valence-electron chi connectivity index (χ3n) is 7.43. The van der Waals surface area contributed by atoms with Crippen LogP contribution in [0.5, 0.6) is 0 Å². The number of esters is 1. The number of hydrogen-bond acceptors (Lipinski definition) is 4. The van der Waals surface area contributed by atoms with E-state index in [2.05, 4.69) is 81.4 Å². The zero-order valence-corrected chi connectivity index (χ0v) is 20.8. The fourth-order valence-electron chi connectivity index (χ4n) is 6.06. The van der Waals surface area contributed by atoms with Crippen LogP contribution in [0.2, 0.25) is 5.04 Å². The Hall–Kier alpha value is -1.95. The molecule has 2 aromatic carbocycles. The van der Waals surface area contributed by atoms with Gasteiger partial charge in [-0.2, -0.15) is 0 Å². The molecule has 2 aliphatic carbocycles. The van der Waals surface area contributed by atoms with Crippen LogP contribution < -0.4 is 16.1 Å². The lowest BCUT2D eigenvalue weighted by molar-refractivity contribution is -0.143. The molecule has 0 saturated heterocycles. The number of carbonyl (C=O) groups is 1. The van der Waals surface area contributed by atoms with Crippen molar-refractivity contribution < 1.29 is 14.0 Å². The number of hydrogen-bond donors (Lipinski definition) is 1. The maximum absolute atomic E-state index is 11.9. The number of nitrogens with two attached hydrogens (primary N) is 1. The highest BCUT2D eigenvalue weighted by Gasteiger charge is 2.61. The van der Waals surface area contributed by atoms with Gasteiger partial charge in [0.05, 0.1) is 13.0 Å². The molecule has 2 saturated carbocycles. The molecule has 0 bridgehead atoms. The van der Waals surface area contributed by atoms with Crippen LogP contribution in [0.1, 0.15) is 47.0 Å². The third-order valence-corrected chi connectivity index (χ3v) is 12.5. The molecule has 5 heteroatoms. The molecular weight excluding hydrogens is 414 g/mol. The van der Waals surface area contributed by atoms with Gasteiger partial charge in [-0.05, 0) is 52.9 Å². The molecule has 2 aromatic rings. The monoisotopic (exact) mass is 451 g/mol. The molecule has 0 amide bonds. The van der Waals surface area contributed by atoms with E-state index >= 15 is 0 Å². The van der Waals surface area contributed by atoms with Crippen LogP contribution in [0.4, 0.5) is 0 Å². The summed E-state index contributed by atoms with van der Waals surface area (Å²) in [5, 5.41) is 2.65. The molecule has 2 aliphatic rings. The molecular formula is C27H37NO3Si. The van der Waals surface area contributed by atoms with Gasteiger partial charge < -0.3 is 14.9 Å². The van der Waals surface area contributed by atoms with E-state index in [1.165, 1.54) is 10.4 Å².